The van der Waals surface area contributed by atoms with Crippen molar-refractivity contribution >= 4 is 86.6 Å². The molecule has 0 unspecified atom stereocenters. The van der Waals surface area contributed by atoms with Crippen LogP contribution in [0, 0.1) is 0 Å². The molecule has 0 aromatic carbocycles. The van der Waals surface area contributed by atoms with Gasteiger partial charge in [0.15, 0.2) is 0 Å². The van der Waals surface area contributed by atoms with Gasteiger partial charge in [0.05, 0.1) is 0 Å². The largest absolute Gasteiger partial charge is 0.151 e. The van der Waals surface area contributed by atoms with Gasteiger partial charge in [-0.25, -0.2) is 0 Å². The number of halogens is 2. The molecular weight excluding hydrogens is 480 g/mol. The molecule has 6 heteroatoms. The highest BCUT2D eigenvalue weighted by Gasteiger charge is 2.11. The second-order valence-corrected chi connectivity index (χ2v) is 10.5. The molecule has 112 valence electrons. The topological polar surface area (TPSA) is 0 Å². The Balaban J connectivity index is 1.57. The summed E-state index contributed by atoms with van der Waals surface area (Å²) < 4.78 is 5.31. The summed E-state index contributed by atoms with van der Waals surface area (Å²) in [7, 11) is 0. The third-order valence-electron chi connectivity index (χ3n) is 3.42. The molecular formula is C16H10Br2S4. The zero-order valence-corrected chi connectivity index (χ0v) is 17.7. The van der Waals surface area contributed by atoms with E-state index >= 15 is 0 Å². The standard InChI is InChI=1S/C16H10Br2S4/c17-13-7-19-5-9(13)1-11-3-15-16(21-11)4-12(22-15)2-10-6-20-8-14(10)18/h3-8H,1-2H2. The van der Waals surface area contributed by atoms with E-state index in [-0.39, 0.29) is 0 Å². The quantitative estimate of drug-likeness (QED) is 0.274. The molecule has 0 spiro atoms. The first-order chi connectivity index (χ1) is 10.7. The van der Waals surface area contributed by atoms with E-state index in [1.807, 2.05) is 22.7 Å². The summed E-state index contributed by atoms with van der Waals surface area (Å²) in [5.74, 6) is 0. The predicted octanol–water partition coefficient (Wildman–Crippen LogP) is 7.79. The molecule has 0 aliphatic heterocycles. The fraction of sp³-hybridized carbons (Fsp3) is 0.125. The van der Waals surface area contributed by atoms with Gasteiger partial charge in [-0.2, -0.15) is 22.7 Å². The van der Waals surface area contributed by atoms with Crippen molar-refractivity contribution in [1.29, 1.82) is 0 Å². The lowest BCUT2D eigenvalue weighted by Gasteiger charge is -1.96. The molecule has 0 fully saturated rings. The maximum Gasteiger partial charge on any atom is 0.0456 e. The summed E-state index contributed by atoms with van der Waals surface area (Å²) in [6, 6.07) is 4.72. The molecule has 0 amide bonds. The first kappa shape index (κ1) is 15.5. The number of fused-ring (bicyclic) bond motifs is 1. The van der Waals surface area contributed by atoms with Crippen molar-refractivity contribution in [2.45, 2.75) is 12.8 Å². The van der Waals surface area contributed by atoms with Crippen molar-refractivity contribution < 1.29 is 0 Å². The molecule has 0 radical (unpaired) electrons. The van der Waals surface area contributed by atoms with Crippen molar-refractivity contribution in [3.05, 3.63) is 63.5 Å². The fourth-order valence-corrected chi connectivity index (χ4v) is 7.73. The highest BCUT2D eigenvalue weighted by Crippen LogP contribution is 2.37. The summed E-state index contributed by atoms with van der Waals surface area (Å²) in [4.78, 5) is 2.90. The molecule has 0 aliphatic carbocycles. The molecule has 4 aromatic rings. The van der Waals surface area contributed by atoms with Crippen molar-refractivity contribution in [1.82, 2.24) is 0 Å². The van der Waals surface area contributed by atoms with Crippen LogP contribution >= 0.6 is 77.2 Å². The highest BCUT2D eigenvalue weighted by atomic mass is 79.9. The Morgan fingerprint density at radius 1 is 0.682 bits per heavy atom. The summed E-state index contributed by atoms with van der Waals surface area (Å²) in [6.07, 6.45) is 2.06. The van der Waals surface area contributed by atoms with E-state index in [2.05, 4.69) is 65.5 Å². The van der Waals surface area contributed by atoms with Gasteiger partial charge in [0.25, 0.3) is 0 Å². The lowest BCUT2D eigenvalue weighted by molar-refractivity contribution is 1.25. The molecule has 4 aromatic heterocycles. The predicted molar refractivity (Wildman–Crippen MR) is 109 cm³/mol. The Morgan fingerprint density at radius 2 is 1.14 bits per heavy atom. The van der Waals surface area contributed by atoms with Crippen molar-refractivity contribution in [2.24, 2.45) is 0 Å². The lowest BCUT2D eigenvalue weighted by atomic mass is 10.2. The number of rotatable bonds is 4. The summed E-state index contributed by atoms with van der Waals surface area (Å²) in [6.45, 7) is 0. The molecule has 0 saturated heterocycles. The van der Waals surface area contributed by atoms with Crippen LogP contribution < -0.4 is 0 Å². The minimum absolute atomic E-state index is 1.03. The van der Waals surface area contributed by atoms with Crippen LogP contribution in [0.25, 0.3) is 9.40 Å². The average Bonchev–Trinajstić information content (AvgIpc) is 3.20. The first-order valence-electron chi connectivity index (χ1n) is 6.61. The van der Waals surface area contributed by atoms with E-state index in [0.717, 1.165) is 12.8 Å². The SMILES string of the molecule is Brc1cscc1Cc1cc2sc(Cc3cscc3Br)cc2s1. The van der Waals surface area contributed by atoms with Gasteiger partial charge < -0.3 is 0 Å². The second kappa shape index (κ2) is 6.49. The molecule has 0 N–H and O–H groups in total. The van der Waals surface area contributed by atoms with Crippen LogP contribution in [0.1, 0.15) is 20.9 Å². The molecule has 0 atom stereocenters. The van der Waals surface area contributed by atoms with Gasteiger partial charge in [0.1, 0.15) is 0 Å². The Hall–Kier alpha value is 0.0200. The monoisotopic (exact) mass is 488 g/mol. The normalized spacial score (nSPS) is 11.5. The summed E-state index contributed by atoms with van der Waals surface area (Å²) in [5, 5.41) is 8.78. The van der Waals surface area contributed by atoms with Crippen LogP contribution in [0.2, 0.25) is 0 Å². The van der Waals surface area contributed by atoms with Gasteiger partial charge in [-0.05, 0) is 65.9 Å². The lowest BCUT2D eigenvalue weighted by Crippen LogP contribution is -1.81. The molecule has 4 rings (SSSR count). The molecule has 0 aliphatic rings. The summed E-state index contributed by atoms with van der Waals surface area (Å²) >= 11 is 14.6. The smallest absolute Gasteiger partial charge is 0.0456 e. The van der Waals surface area contributed by atoms with Crippen molar-refractivity contribution in [3.63, 3.8) is 0 Å². The van der Waals surface area contributed by atoms with Crippen LogP contribution in [0.15, 0.2) is 42.6 Å². The number of thiophene rings is 4. The first-order valence-corrected chi connectivity index (χ1v) is 11.7. The van der Waals surface area contributed by atoms with E-state index < -0.39 is 0 Å². The molecule has 0 bridgehead atoms. The van der Waals surface area contributed by atoms with E-state index in [0.29, 0.717) is 0 Å². The molecule has 22 heavy (non-hydrogen) atoms. The fourth-order valence-electron chi connectivity index (χ4n) is 2.35. The summed E-state index contributed by atoms with van der Waals surface area (Å²) in [5.41, 5.74) is 2.78. The van der Waals surface area contributed by atoms with E-state index in [1.165, 1.54) is 39.2 Å². The van der Waals surface area contributed by atoms with Crippen LogP contribution in [-0.4, -0.2) is 0 Å². The minimum atomic E-state index is 1.03. The van der Waals surface area contributed by atoms with Gasteiger partial charge in [0, 0.05) is 51.7 Å². The van der Waals surface area contributed by atoms with Crippen LogP contribution in [-0.2, 0) is 12.8 Å². The maximum atomic E-state index is 3.62. The maximum absolute atomic E-state index is 3.62. The Bertz CT molecular complexity index is 822. The highest BCUT2D eigenvalue weighted by molar-refractivity contribution is 9.10. The zero-order valence-electron chi connectivity index (χ0n) is 11.3. The van der Waals surface area contributed by atoms with Crippen LogP contribution in [0.5, 0.6) is 0 Å². The van der Waals surface area contributed by atoms with E-state index in [9.17, 15) is 0 Å². The Morgan fingerprint density at radius 3 is 1.50 bits per heavy atom. The van der Waals surface area contributed by atoms with Gasteiger partial charge in [-0.15, -0.1) is 22.7 Å². The Labute approximate surface area is 161 Å². The van der Waals surface area contributed by atoms with Crippen LogP contribution in [0.4, 0.5) is 0 Å². The number of hydrogen-bond acceptors (Lipinski definition) is 4. The van der Waals surface area contributed by atoms with Gasteiger partial charge >= 0.3 is 0 Å². The van der Waals surface area contributed by atoms with Crippen LogP contribution in [0.3, 0.4) is 0 Å². The Kier molecular flexibility index (Phi) is 4.59. The molecule has 0 nitrogen and oxygen atoms in total. The van der Waals surface area contributed by atoms with Gasteiger partial charge in [-0.1, -0.05) is 0 Å². The molecule has 4 heterocycles. The van der Waals surface area contributed by atoms with E-state index in [1.54, 1.807) is 22.7 Å². The number of hydrogen-bond donors (Lipinski definition) is 0. The van der Waals surface area contributed by atoms with E-state index in [4.69, 9.17) is 0 Å². The minimum Gasteiger partial charge on any atom is -0.151 e. The van der Waals surface area contributed by atoms with Crippen molar-refractivity contribution in [2.75, 3.05) is 0 Å². The second-order valence-electron chi connectivity index (χ2n) is 5.00. The van der Waals surface area contributed by atoms with Gasteiger partial charge in [-0.3, -0.25) is 0 Å². The third-order valence-corrected chi connectivity index (χ3v) is 9.38. The third kappa shape index (κ3) is 3.14. The molecule has 0 saturated carbocycles. The van der Waals surface area contributed by atoms with Crippen molar-refractivity contribution in [3.8, 4) is 0 Å². The van der Waals surface area contributed by atoms with Gasteiger partial charge in [0.2, 0.25) is 0 Å². The zero-order chi connectivity index (χ0) is 15.1. The average molecular weight is 490 g/mol.